The summed E-state index contributed by atoms with van der Waals surface area (Å²) in [6.45, 7) is 2.06. The fourth-order valence-corrected chi connectivity index (χ4v) is 4.76. The van der Waals surface area contributed by atoms with Gasteiger partial charge in [-0.15, -0.1) is 0 Å². The van der Waals surface area contributed by atoms with Gasteiger partial charge in [-0.2, -0.15) is 0 Å². The van der Waals surface area contributed by atoms with Crippen molar-refractivity contribution in [1.82, 2.24) is 9.88 Å². The van der Waals surface area contributed by atoms with Gasteiger partial charge < -0.3 is 18.8 Å². The Morgan fingerprint density at radius 1 is 0.946 bits per heavy atom. The van der Waals surface area contributed by atoms with Gasteiger partial charge in [0.2, 0.25) is 0 Å². The maximum atomic E-state index is 12.8. The van der Waals surface area contributed by atoms with Gasteiger partial charge in [-0.25, -0.2) is 9.59 Å². The number of hydrogen-bond donors (Lipinski definition) is 1. The third kappa shape index (κ3) is 5.81. The van der Waals surface area contributed by atoms with Crippen LogP contribution in [0.3, 0.4) is 0 Å². The summed E-state index contributed by atoms with van der Waals surface area (Å²) in [5.74, 6) is -0.563. The highest BCUT2D eigenvalue weighted by Gasteiger charge is 2.40. The van der Waals surface area contributed by atoms with Gasteiger partial charge >= 0.3 is 11.9 Å². The van der Waals surface area contributed by atoms with Gasteiger partial charge in [0.15, 0.2) is 11.4 Å². The van der Waals surface area contributed by atoms with E-state index < -0.39 is 17.5 Å². The predicted molar refractivity (Wildman–Crippen MR) is 137 cm³/mol. The van der Waals surface area contributed by atoms with Crippen LogP contribution in [0.2, 0.25) is 0 Å². The van der Waals surface area contributed by atoms with Crippen LogP contribution in [0.1, 0.15) is 40.7 Å². The first-order valence-corrected chi connectivity index (χ1v) is 12.3. The zero-order valence-corrected chi connectivity index (χ0v) is 20.4. The fraction of sp³-hybridized carbons (Fsp3) is 0.276. The summed E-state index contributed by atoms with van der Waals surface area (Å²) in [4.78, 5) is 41.6. The quantitative estimate of drug-likeness (QED) is 0.267. The molecule has 190 valence electrons. The molecule has 0 amide bonds. The fourth-order valence-electron chi connectivity index (χ4n) is 4.76. The Morgan fingerprint density at radius 2 is 1.65 bits per heavy atom. The number of nitrogens with one attached hydrogen (secondary N) is 1. The molecule has 0 saturated carbocycles. The summed E-state index contributed by atoms with van der Waals surface area (Å²) < 4.78 is 16.5. The molecule has 8 nitrogen and oxygen atoms in total. The van der Waals surface area contributed by atoms with Crippen molar-refractivity contribution in [3.05, 3.63) is 106 Å². The molecule has 1 aromatic heterocycles. The largest absolute Gasteiger partial charge is 0.509 e. The molecule has 8 heteroatoms. The molecule has 2 heterocycles. The number of piperidine rings is 1. The summed E-state index contributed by atoms with van der Waals surface area (Å²) in [5.41, 5.74) is 2.49. The molecule has 0 unspecified atom stereocenters. The van der Waals surface area contributed by atoms with Crippen LogP contribution in [0.15, 0.2) is 88.1 Å². The molecule has 0 spiro atoms. The van der Waals surface area contributed by atoms with Crippen LogP contribution in [-0.2, 0) is 21.7 Å². The lowest BCUT2D eigenvalue weighted by Gasteiger charge is -2.41. The Hall–Kier alpha value is -4.17. The van der Waals surface area contributed by atoms with Crippen LogP contribution in [0.25, 0.3) is 11.1 Å². The van der Waals surface area contributed by atoms with E-state index in [0.717, 1.165) is 11.1 Å². The highest BCUT2D eigenvalue weighted by atomic mass is 16.7. The van der Waals surface area contributed by atoms with Gasteiger partial charge in [0, 0.05) is 44.5 Å². The van der Waals surface area contributed by atoms with E-state index in [9.17, 15) is 14.4 Å². The summed E-state index contributed by atoms with van der Waals surface area (Å²) in [7, 11) is 0. The van der Waals surface area contributed by atoms with Gasteiger partial charge in [0.25, 0.3) is 0 Å². The van der Waals surface area contributed by atoms with Crippen molar-refractivity contribution in [3.8, 4) is 0 Å². The Balaban J connectivity index is 1.19. The number of Topliss-reactive ketones (excluding diaryl/α,β-unsaturated/α-hetero) is 1. The molecule has 5 rings (SSSR count). The van der Waals surface area contributed by atoms with Gasteiger partial charge in [-0.1, -0.05) is 60.7 Å². The molecular weight excluding hydrogens is 472 g/mol. The van der Waals surface area contributed by atoms with Gasteiger partial charge in [-0.05, 0) is 29.3 Å². The Kier molecular flexibility index (Phi) is 7.18. The Labute approximate surface area is 213 Å². The molecule has 1 fully saturated rings. The van der Waals surface area contributed by atoms with Gasteiger partial charge in [0.05, 0.1) is 5.52 Å². The number of carbonyl (C=O) groups is 2. The number of aromatic nitrogens is 1. The molecule has 0 aliphatic carbocycles. The molecule has 1 aliphatic heterocycles. The first kappa shape index (κ1) is 24.5. The monoisotopic (exact) mass is 500 g/mol. The second-order valence-electron chi connectivity index (χ2n) is 9.23. The average molecular weight is 501 g/mol. The zero-order chi connectivity index (χ0) is 25.7. The molecular formula is C29H28N2O6. The number of ether oxygens (including phenoxy) is 2. The van der Waals surface area contributed by atoms with E-state index in [1.807, 2.05) is 60.7 Å². The van der Waals surface area contributed by atoms with E-state index in [1.54, 1.807) is 18.2 Å². The lowest BCUT2D eigenvalue weighted by atomic mass is 9.84. The second-order valence-corrected chi connectivity index (χ2v) is 9.23. The first-order chi connectivity index (χ1) is 18.0. The number of oxazole rings is 1. The van der Waals surface area contributed by atoms with Gasteiger partial charge in [-0.3, -0.25) is 9.78 Å². The molecule has 37 heavy (non-hydrogen) atoms. The third-order valence-corrected chi connectivity index (χ3v) is 6.84. The number of likely N-dealkylation sites (tertiary alicyclic amines) is 1. The standard InChI is InChI=1S/C29H28N2O6/c32-25(22-11-12-24-26(19-22)36-27(33)30-24)13-16-31-17-14-29(15-18-31,23-9-5-2-6-10-23)37-28(34)35-20-21-7-3-1-4-8-21/h1-12,19H,13-18,20H2,(H,30,33). The smallest absolute Gasteiger partial charge is 0.429 e. The molecule has 0 atom stereocenters. The highest BCUT2D eigenvalue weighted by molar-refractivity contribution is 5.98. The maximum absolute atomic E-state index is 12.8. The molecule has 0 bridgehead atoms. The van der Waals surface area contributed by atoms with Crippen molar-refractivity contribution in [2.45, 2.75) is 31.5 Å². The number of benzene rings is 3. The van der Waals surface area contributed by atoms with Crippen molar-refractivity contribution >= 4 is 23.0 Å². The topological polar surface area (TPSA) is 102 Å². The minimum absolute atomic E-state index is 0.0219. The average Bonchev–Trinajstić information content (AvgIpc) is 3.31. The van der Waals surface area contributed by atoms with Crippen molar-refractivity contribution in [3.63, 3.8) is 0 Å². The van der Waals surface area contributed by atoms with Gasteiger partial charge in [0.1, 0.15) is 12.2 Å². The molecule has 0 radical (unpaired) electrons. The van der Waals surface area contributed by atoms with Crippen LogP contribution < -0.4 is 5.76 Å². The number of fused-ring (bicyclic) bond motifs is 1. The summed E-state index contributed by atoms with van der Waals surface area (Å²) in [5, 5.41) is 0. The van der Waals surface area contributed by atoms with E-state index in [1.165, 1.54) is 0 Å². The normalized spacial score (nSPS) is 15.4. The lowest BCUT2D eigenvalue weighted by Crippen LogP contribution is -2.45. The van der Waals surface area contributed by atoms with E-state index in [2.05, 4.69) is 9.88 Å². The second kappa shape index (κ2) is 10.8. The molecule has 3 aromatic carbocycles. The number of ketones is 1. The third-order valence-electron chi connectivity index (χ3n) is 6.84. The van der Waals surface area contributed by atoms with Crippen LogP contribution in [0, 0.1) is 0 Å². The Bertz CT molecular complexity index is 1420. The number of aromatic amines is 1. The van der Waals surface area contributed by atoms with Crippen molar-refractivity contribution in [1.29, 1.82) is 0 Å². The number of hydrogen-bond acceptors (Lipinski definition) is 7. The molecule has 1 saturated heterocycles. The SMILES string of the molecule is O=C(OCc1ccccc1)OC1(c2ccccc2)CCN(CCC(=O)c2ccc3[nH]c(=O)oc3c2)CC1. The number of carbonyl (C=O) groups excluding carboxylic acids is 2. The minimum Gasteiger partial charge on any atom is -0.429 e. The van der Waals surface area contributed by atoms with Crippen LogP contribution in [-0.4, -0.2) is 41.5 Å². The van der Waals surface area contributed by atoms with Crippen molar-refractivity contribution < 1.29 is 23.5 Å². The van der Waals surface area contributed by atoms with E-state index in [-0.39, 0.29) is 12.4 Å². The maximum Gasteiger partial charge on any atom is 0.509 e. The van der Waals surface area contributed by atoms with Crippen LogP contribution in [0.5, 0.6) is 0 Å². The lowest BCUT2D eigenvalue weighted by molar-refractivity contribution is -0.0737. The van der Waals surface area contributed by atoms with Crippen LogP contribution in [0.4, 0.5) is 4.79 Å². The van der Waals surface area contributed by atoms with Crippen molar-refractivity contribution in [2.75, 3.05) is 19.6 Å². The van der Waals surface area contributed by atoms with E-state index in [4.69, 9.17) is 13.9 Å². The van der Waals surface area contributed by atoms with Crippen molar-refractivity contribution in [2.24, 2.45) is 0 Å². The highest BCUT2D eigenvalue weighted by Crippen LogP contribution is 2.37. The number of rotatable bonds is 8. The first-order valence-electron chi connectivity index (χ1n) is 12.3. The summed E-state index contributed by atoms with van der Waals surface area (Å²) in [6, 6.07) is 24.2. The molecule has 1 N–H and O–H groups in total. The zero-order valence-electron chi connectivity index (χ0n) is 20.4. The van der Waals surface area contributed by atoms with E-state index in [0.29, 0.717) is 55.6 Å². The molecule has 4 aromatic rings. The summed E-state index contributed by atoms with van der Waals surface area (Å²) in [6.07, 6.45) is 0.819. The van der Waals surface area contributed by atoms with E-state index >= 15 is 0 Å². The predicted octanol–water partition coefficient (Wildman–Crippen LogP) is 5.04. The Morgan fingerprint density at radius 3 is 2.38 bits per heavy atom. The van der Waals surface area contributed by atoms with Crippen LogP contribution >= 0.6 is 0 Å². The number of nitrogens with zero attached hydrogens (tertiary/aromatic N) is 1. The minimum atomic E-state index is -0.785. The molecule has 1 aliphatic rings. The summed E-state index contributed by atoms with van der Waals surface area (Å²) >= 11 is 0. The number of H-pyrrole nitrogens is 1.